The largest absolute Gasteiger partial charge is 0.395 e. The summed E-state index contributed by atoms with van der Waals surface area (Å²) >= 11 is 0. The molecule has 0 unspecified atom stereocenters. The Balaban J connectivity index is 1.81. The van der Waals surface area contributed by atoms with Gasteiger partial charge in [0.25, 0.3) is 0 Å². The zero-order valence-electron chi connectivity index (χ0n) is 14.2. The lowest BCUT2D eigenvalue weighted by molar-refractivity contribution is 0.199. The number of nitrogens with zero attached hydrogens (tertiary/aromatic N) is 3. The second-order valence-corrected chi connectivity index (χ2v) is 6.22. The van der Waals surface area contributed by atoms with E-state index in [9.17, 15) is 5.11 Å². The number of aryl methyl sites for hydroxylation is 1. The van der Waals surface area contributed by atoms with E-state index >= 15 is 0 Å². The molecule has 0 radical (unpaired) electrons. The molecule has 0 aliphatic carbocycles. The van der Waals surface area contributed by atoms with Gasteiger partial charge < -0.3 is 20.4 Å². The summed E-state index contributed by atoms with van der Waals surface area (Å²) in [5, 5.41) is 21.7. The van der Waals surface area contributed by atoms with Gasteiger partial charge in [0.1, 0.15) is 5.82 Å². The van der Waals surface area contributed by atoms with Crippen LogP contribution in [0.3, 0.4) is 0 Å². The van der Waals surface area contributed by atoms with Gasteiger partial charge in [0.05, 0.1) is 12.7 Å². The first-order valence-electron chi connectivity index (χ1n) is 8.32. The Hall–Kier alpha value is -2.18. The number of rotatable bonds is 5. The van der Waals surface area contributed by atoms with Crippen molar-refractivity contribution in [2.75, 3.05) is 29.9 Å². The highest BCUT2D eigenvalue weighted by atomic mass is 16.3. The quantitative estimate of drug-likeness (QED) is 0.776. The lowest BCUT2D eigenvalue weighted by Crippen LogP contribution is -2.31. The number of anilines is 2. The number of hydrogen-bond acceptors (Lipinski definition) is 6. The molecule has 6 nitrogen and oxygen atoms in total. The summed E-state index contributed by atoms with van der Waals surface area (Å²) in [6.07, 6.45) is 0.497. The van der Waals surface area contributed by atoms with E-state index < -0.39 is 6.10 Å². The lowest BCUT2D eigenvalue weighted by Gasteiger charge is -2.30. The number of aliphatic hydroxyl groups excluding tert-OH is 2. The normalized spacial score (nSPS) is 15.1. The van der Waals surface area contributed by atoms with Gasteiger partial charge in [0, 0.05) is 31.4 Å². The Bertz CT molecular complexity index is 718. The van der Waals surface area contributed by atoms with Crippen molar-refractivity contribution in [1.29, 1.82) is 0 Å². The van der Waals surface area contributed by atoms with Gasteiger partial charge in [-0.05, 0) is 37.0 Å². The molecule has 0 saturated carbocycles. The topological polar surface area (TPSA) is 81.5 Å². The maximum absolute atomic E-state index is 9.74. The molecular formula is C18H24N4O2. The molecule has 24 heavy (non-hydrogen) atoms. The van der Waals surface area contributed by atoms with Gasteiger partial charge >= 0.3 is 0 Å². The molecule has 2 heterocycles. The fraction of sp³-hybridized carbons (Fsp3) is 0.444. The Morgan fingerprint density at radius 2 is 2.08 bits per heavy atom. The Morgan fingerprint density at radius 1 is 1.25 bits per heavy atom. The van der Waals surface area contributed by atoms with E-state index in [0.29, 0.717) is 12.5 Å². The van der Waals surface area contributed by atoms with Crippen LogP contribution in [0.4, 0.5) is 11.8 Å². The minimum Gasteiger partial charge on any atom is -0.395 e. The predicted molar refractivity (Wildman–Crippen MR) is 94.2 cm³/mol. The third-order valence-electron chi connectivity index (χ3n) is 4.28. The fourth-order valence-electron chi connectivity index (χ4n) is 2.99. The molecular weight excluding hydrogens is 304 g/mol. The van der Waals surface area contributed by atoms with Crippen LogP contribution in [0, 0.1) is 6.92 Å². The van der Waals surface area contributed by atoms with E-state index in [1.807, 2.05) is 19.1 Å². The molecule has 6 heteroatoms. The molecule has 3 rings (SSSR count). The summed E-state index contributed by atoms with van der Waals surface area (Å²) in [5.41, 5.74) is 4.44. The number of fused-ring (bicyclic) bond motifs is 1. The first kappa shape index (κ1) is 16.7. The number of aliphatic hydroxyl groups is 2. The molecule has 0 amide bonds. The van der Waals surface area contributed by atoms with E-state index in [2.05, 4.69) is 32.3 Å². The van der Waals surface area contributed by atoms with Crippen LogP contribution < -0.4 is 10.2 Å². The van der Waals surface area contributed by atoms with Gasteiger partial charge in [-0.1, -0.05) is 18.2 Å². The van der Waals surface area contributed by atoms with Crippen molar-refractivity contribution >= 4 is 11.8 Å². The third-order valence-corrected chi connectivity index (χ3v) is 4.28. The van der Waals surface area contributed by atoms with Gasteiger partial charge in [-0.2, -0.15) is 4.98 Å². The monoisotopic (exact) mass is 328 g/mol. The van der Waals surface area contributed by atoms with E-state index in [1.54, 1.807) is 6.92 Å². The van der Waals surface area contributed by atoms with Crippen LogP contribution in [0.2, 0.25) is 0 Å². The van der Waals surface area contributed by atoms with Crippen LogP contribution in [0.5, 0.6) is 0 Å². The Labute approximate surface area is 142 Å². The summed E-state index contributed by atoms with van der Waals surface area (Å²) in [7, 11) is 0. The number of hydrogen-bond donors (Lipinski definition) is 3. The van der Waals surface area contributed by atoms with Crippen LogP contribution in [0.25, 0.3) is 0 Å². The summed E-state index contributed by atoms with van der Waals surface area (Å²) in [5.74, 6) is 1.45. The minimum absolute atomic E-state index is 0.0509. The molecule has 0 bridgehead atoms. The van der Waals surface area contributed by atoms with E-state index in [0.717, 1.165) is 36.6 Å². The fourth-order valence-corrected chi connectivity index (χ4v) is 2.99. The summed E-state index contributed by atoms with van der Waals surface area (Å²) in [6, 6.07) is 8.19. The highest BCUT2D eigenvalue weighted by Crippen LogP contribution is 2.26. The van der Waals surface area contributed by atoms with Gasteiger partial charge in [-0.25, -0.2) is 4.98 Å². The predicted octanol–water partition coefficient (Wildman–Crippen LogP) is 1.81. The van der Waals surface area contributed by atoms with Gasteiger partial charge in [-0.15, -0.1) is 0 Å². The smallest absolute Gasteiger partial charge is 0.224 e. The van der Waals surface area contributed by atoms with Gasteiger partial charge in [0.2, 0.25) is 5.95 Å². The van der Waals surface area contributed by atoms with Crippen molar-refractivity contribution in [3.63, 3.8) is 0 Å². The van der Waals surface area contributed by atoms with Crippen molar-refractivity contribution in [3.05, 3.63) is 46.6 Å². The molecule has 3 N–H and O–H groups in total. The Kier molecular flexibility index (Phi) is 4.97. The highest BCUT2D eigenvalue weighted by Gasteiger charge is 2.19. The van der Waals surface area contributed by atoms with Crippen LogP contribution in [-0.2, 0) is 13.0 Å². The van der Waals surface area contributed by atoms with E-state index in [4.69, 9.17) is 5.11 Å². The van der Waals surface area contributed by atoms with Crippen molar-refractivity contribution in [1.82, 2.24) is 9.97 Å². The maximum Gasteiger partial charge on any atom is 0.224 e. The zero-order chi connectivity index (χ0) is 17.1. The summed E-state index contributed by atoms with van der Waals surface area (Å²) in [4.78, 5) is 11.2. The van der Waals surface area contributed by atoms with E-state index in [-0.39, 0.29) is 6.61 Å². The first-order valence-corrected chi connectivity index (χ1v) is 8.32. The number of aromatic nitrogens is 2. The zero-order valence-corrected chi connectivity index (χ0v) is 14.2. The highest BCUT2D eigenvalue weighted by molar-refractivity contribution is 5.48. The second-order valence-electron chi connectivity index (χ2n) is 6.22. The molecule has 1 aromatic heterocycles. The van der Waals surface area contributed by atoms with Crippen LogP contribution in [0.15, 0.2) is 24.3 Å². The average molecular weight is 328 g/mol. The second kappa shape index (κ2) is 7.15. The van der Waals surface area contributed by atoms with Gasteiger partial charge in [0.15, 0.2) is 0 Å². The molecule has 0 spiro atoms. The third kappa shape index (κ3) is 3.66. The standard InChI is InChI=1S/C18H24N4O2/c1-12-9-17(21-18(20-12)19-6-8-23)22-7-5-15-10-14(13(2)24)3-4-16(15)11-22/h3-4,9-10,13,23-24H,5-8,11H2,1-2H3,(H,19,20,21)/t13-/m0/s1. The van der Waals surface area contributed by atoms with Gasteiger partial charge in [-0.3, -0.25) is 0 Å². The summed E-state index contributed by atoms with van der Waals surface area (Å²) in [6.45, 7) is 5.91. The lowest BCUT2D eigenvalue weighted by atomic mass is 9.96. The maximum atomic E-state index is 9.74. The van der Waals surface area contributed by atoms with Crippen LogP contribution in [-0.4, -0.2) is 39.9 Å². The SMILES string of the molecule is Cc1cc(N2CCc3cc([C@H](C)O)ccc3C2)nc(NCCO)n1. The molecule has 0 saturated heterocycles. The molecule has 128 valence electrons. The van der Waals surface area contributed by atoms with Crippen molar-refractivity contribution in [3.8, 4) is 0 Å². The van der Waals surface area contributed by atoms with Crippen LogP contribution in [0.1, 0.15) is 35.4 Å². The number of nitrogens with one attached hydrogen (secondary N) is 1. The van der Waals surface area contributed by atoms with Crippen molar-refractivity contribution in [2.24, 2.45) is 0 Å². The molecule has 1 aliphatic rings. The molecule has 2 aromatic rings. The molecule has 0 fully saturated rings. The van der Waals surface area contributed by atoms with E-state index in [1.165, 1.54) is 11.1 Å². The van der Waals surface area contributed by atoms with Crippen molar-refractivity contribution in [2.45, 2.75) is 32.9 Å². The summed E-state index contributed by atoms with van der Waals surface area (Å²) < 4.78 is 0. The van der Waals surface area contributed by atoms with Crippen molar-refractivity contribution < 1.29 is 10.2 Å². The minimum atomic E-state index is -0.432. The average Bonchev–Trinajstić information content (AvgIpc) is 2.58. The molecule has 1 aliphatic heterocycles. The van der Waals surface area contributed by atoms with Crippen LogP contribution >= 0.6 is 0 Å². The molecule has 1 atom stereocenters. The first-order chi connectivity index (χ1) is 11.6. The Morgan fingerprint density at radius 3 is 2.83 bits per heavy atom. The molecule has 1 aromatic carbocycles. The number of benzene rings is 1.